The summed E-state index contributed by atoms with van der Waals surface area (Å²) < 4.78 is 7.89. The summed E-state index contributed by atoms with van der Waals surface area (Å²) in [7, 11) is 5.97. The number of halogens is 1. The van der Waals surface area contributed by atoms with Crippen molar-refractivity contribution in [1.82, 2.24) is 19.7 Å². The van der Waals surface area contributed by atoms with Crippen molar-refractivity contribution in [2.45, 2.75) is 26.0 Å². The molecule has 0 aromatic carbocycles. The van der Waals surface area contributed by atoms with E-state index in [9.17, 15) is 0 Å². The molecular formula is C17H32IN5O. The highest BCUT2D eigenvalue weighted by molar-refractivity contribution is 14.0. The van der Waals surface area contributed by atoms with Crippen LogP contribution in [0.5, 0.6) is 0 Å². The molecule has 7 heteroatoms. The second kappa shape index (κ2) is 9.62. The first kappa shape index (κ1) is 21.2. The molecule has 2 heterocycles. The number of aromatic nitrogens is 1. The Hall–Kier alpha value is -0.800. The van der Waals surface area contributed by atoms with E-state index in [4.69, 9.17) is 4.74 Å². The van der Waals surface area contributed by atoms with E-state index >= 15 is 0 Å². The van der Waals surface area contributed by atoms with Crippen LogP contribution in [0.25, 0.3) is 0 Å². The Labute approximate surface area is 163 Å². The summed E-state index contributed by atoms with van der Waals surface area (Å²) in [6.45, 7) is 9.83. The van der Waals surface area contributed by atoms with Gasteiger partial charge in [0.2, 0.25) is 0 Å². The third kappa shape index (κ3) is 6.25. The number of aliphatic imine (C=N–C) groups is 1. The number of hydrogen-bond donors (Lipinski definition) is 1. The van der Waals surface area contributed by atoms with Crippen LogP contribution in [-0.4, -0.2) is 72.8 Å². The molecule has 0 spiro atoms. The molecule has 1 aliphatic rings. The maximum Gasteiger partial charge on any atom is 0.193 e. The first-order valence-corrected chi connectivity index (χ1v) is 8.29. The minimum Gasteiger partial charge on any atom is -0.373 e. The van der Waals surface area contributed by atoms with Crippen molar-refractivity contribution < 1.29 is 4.74 Å². The van der Waals surface area contributed by atoms with E-state index in [1.807, 2.05) is 7.05 Å². The molecule has 0 bridgehead atoms. The standard InChI is InChI=1S/C17H31N5O.HI/c1-17(2)14-22(11-12-23-17)10-8-19-16(18-3)21(5)13-15-7-6-9-20(15)4;/h6-7,9H,8,10-14H2,1-5H3,(H,18,19);1H. The van der Waals surface area contributed by atoms with Gasteiger partial charge in [-0.1, -0.05) is 0 Å². The molecule has 0 amide bonds. The van der Waals surface area contributed by atoms with E-state index in [2.05, 4.69) is 70.9 Å². The summed E-state index contributed by atoms with van der Waals surface area (Å²) in [4.78, 5) is 8.99. The zero-order chi connectivity index (χ0) is 16.9. The quantitative estimate of drug-likeness (QED) is 0.423. The average molecular weight is 449 g/mol. The highest BCUT2D eigenvalue weighted by Crippen LogP contribution is 2.15. The molecule has 6 nitrogen and oxygen atoms in total. The van der Waals surface area contributed by atoms with Gasteiger partial charge in [-0.25, -0.2) is 0 Å². The van der Waals surface area contributed by atoms with Gasteiger partial charge in [0.05, 0.1) is 18.8 Å². The van der Waals surface area contributed by atoms with E-state index in [0.29, 0.717) is 0 Å². The number of ether oxygens (including phenoxy) is 1. The number of nitrogens with one attached hydrogen (secondary N) is 1. The largest absolute Gasteiger partial charge is 0.373 e. The summed E-state index contributed by atoms with van der Waals surface area (Å²) in [6, 6.07) is 4.21. The van der Waals surface area contributed by atoms with E-state index < -0.39 is 0 Å². The van der Waals surface area contributed by atoms with Gasteiger partial charge in [0.1, 0.15) is 0 Å². The molecule has 0 atom stereocenters. The summed E-state index contributed by atoms with van der Waals surface area (Å²) in [5.74, 6) is 0.929. The Kier molecular flexibility index (Phi) is 8.52. The monoisotopic (exact) mass is 449 g/mol. The van der Waals surface area contributed by atoms with Gasteiger partial charge >= 0.3 is 0 Å². The predicted molar refractivity (Wildman–Crippen MR) is 110 cm³/mol. The van der Waals surface area contributed by atoms with Gasteiger partial charge < -0.3 is 19.5 Å². The van der Waals surface area contributed by atoms with Crippen molar-refractivity contribution in [3.05, 3.63) is 24.0 Å². The van der Waals surface area contributed by atoms with Gasteiger partial charge in [0.15, 0.2) is 5.96 Å². The molecule has 1 aromatic heterocycles. The van der Waals surface area contributed by atoms with Crippen molar-refractivity contribution in [3.8, 4) is 0 Å². The molecule has 1 fully saturated rings. The molecule has 1 aliphatic heterocycles. The smallest absolute Gasteiger partial charge is 0.193 e. The molecule has 1 N–H and O–H groups in total. The second-order valence-electron chi connectivity index (χ2n) is 6.82. The summed E-state index contributed by atoms with van der Waals surface area (Å²) >= 11 is 0. The lowest BCUT2D eigenvalue weighted by Gasteiger charge is -2.38. The molecule has 0 aliphatic carbocycles. The Morgan fingerprint density at radius 2 is 2.21 bits per heavy atom. The fraction of sp³-hybridized carbons (Fsp3) is 0.706. The fourth-order valence-corrected chi connectivity index (χ4v) is 2.99. The van der Waals surface area contributed by atoms with Gasteiger partial charge in [-0.3, -0.25) is 9.89 Å². The SMILES string of the molecule is CN=C(NCCN1CCOC(C)(C)C1)N(C)Cc1cccn1C.I. The van der Waals surface area contributed by atoms with Crippen molar-refractivity contribution >= 4 is 29.9 Å². The van der Waals surface area contributed by atoms with E-state index in [1.165, 1.54) is 5.69 Å². The summed E-state index contributed by atoms with van der Waals surface area (Å²) in [6.07, 6.45) is 2.07. The van der Waals surface area contributed by atoms with Crippen LogP contribution in [-0.2, 0) is 18.3 Å². The molecule has 24 heavy (non-hydrogen) atoms. The zero-order valence-electron chi connectivity index (χ0n) is 15.6. The molecule has 138 valence electrons. The number of guanidine groups is 1. The first-order valence-electron chi connectivity index (χ1n) is 8.29. The molecule has 0 saturated carbocycles. The van der Waals surface area contributed by atoms with Crippen LogP contribution < -0.4 is 5.32 Å². The topological polar surface area (TPSA) is 45.0 Å². The highest BCUT2D eigenvalue weighted by Gasteiger charge is 2.26. The molecule has 2 rings (SSSR count). The fourth-order valence-electron chi connectivity index (χ4n) is 2.99. The Morgan fingerprint density at radius 1 is 1.46 bits per heavy atom. The molecule has 1 saturated heterocycles. The average Bonchev–Trinajstić information content (AvgIpc) is 2.88. The second-order valence-corrected chi connectivity index (χ2v) is 6.82. The van der Waals surface area contributed by atoms with E-state index in [1.54, 1.807) is 0 Å². The molecule has 1 aromatic rings. The number of aryl methyl sites for hydroxylation is 1. The van der Waals surface area contributed by atoms with Crippen LogP contribution in [0.2, 0.25) is 0 Å². The minimum absolute atomic E-state index is 0. The van der Waals surface area contributed by atoms with Gasteiger partial charge in [-0.2, -0.15) is 0 Å². The zero-order valence-corrected chi connectivity index (χ0v) is 17.9. The van der Waals surface area contributed by atoms with Gasteiger partial charge in [-0.15, -0.1) is 24.0 Å². The van der Waals surface area contributed by atoms with E-state index in [-0.39, 0.29) is 29.6 Å². The number of hydrogen-bond acceptors (Lipinski definition) is 3. The van der Waals surface area contributed by atoms with Crippen molar-refractivity contribution in [2.75, 3.05) is 46.9 Å². The lowest BCUT2D eigenvalue weighted by atomic mass is 10.1. The molecular weight excluding hydrogens is 417 g/mol. The molecule has 0 radical (unpaired) electrons. The van der Waals surface area contributed by atoms with Crippen molar-refractivity contribution in [2.24, 2.45) is 12.0 Å². The van der Waals surface area contributed by atoms with Gasteiger partial charge in [-0.05, 0) is 26.0 Å². The van der Waals surface area contributed by atoms with Crippen molar-refractivity contribution in [1.29, 1.82) is 0 Å². The lowest BCUT2D eigenvalue weighted by Crippen LogP contribution is -2.50. The van der Waals surface area contributed by atoms with E-state index in [0.717, 1.165) is 45.3 Å². The van der Waals surface area contributed by atoms with Gasteiger partial charge in [0, 0.05) is 59.2 Å². The third-order valence-electron chi connectivity index (χ3n) is 4.24. The highest BCUT2D eigenvalue weighted by atomic mass is 127. The maximum absolute atomic E-state index is 5.76. The predicted octanol–water partition coefficient (Wildman–Crippen LogP) is 1.76. The Morgan fingerprint density at radius 3 is 2.79 bits per heavy atom. The van der Waals surface area contributed by atoms with Crippen LogP contribution >= 0.6 is 24.0 Å². The maximum atomic E-state index is 5.76. The normalized spacial score (nSPS) is 18.1. The van der Waals surface area contributed by atoms with Crippen LogP contribution in [0.3, 0.4) is 0 Å². The Bertz CT molecular complexity index is 529. The number of morpholine rings is 1. The van der Waals surface area contributed by atoms with Crippen molar-refractivity contribution in [3.63, 3.8) is 0 Å². The number of rotatable bonds is 5. The van der Waals surface area contributed by atoms with Crippen LogP contribution in [0.4, 0.5) is 0 Å². The van der Waals surface area contributed by atoms with Gasteiger partial charge in [0.25, 0.3) is 0 Å². The summed E-state index contributed by atoms with van der Waals surface area (Å²) in [5, 5.41) is 3.46. The first-order chi connectivity index (χ1) is 10.9. The molecule has 0 unspecified atom stereocenters. The third-order valence-corrected chi connectivity index (χ3v) is 4.24. The number of nitrogens with zero attached hydrogens (tertiary/aromatic N) is 4. The van der Waals surface area contributed by atoms with Crippen LogP contribution in [0.15, 0.2) is 23.3 Å². The Balaban J connectivity index is 0.00000288. The minimum atomic E-state index is -0.0384. The summed E-state index contributed by atoms with van der Waals surface area (Å²) in [5.41, 5.74) is 1.23. The lowest BCUT2D eigenvalue weighted by molar-refractivity contribution is -0.0852. The van der Waals surface area contributed by atoms with Crippen LogP contribution in [0, 0.1) is 0 Å². The van der Waals surface area contributed by atoms with Crippen LogP contribution in [0.1, 0.15) is 19.5 Å².